The summed E-state index contributed by atoms with van der Waals surface area (Å²) in [5, 5.41) is 13.4. The number of fused-ring (bicyclic) bond motifs is 6. The Morgan fingerprint density at radius 1 is 1.09 bits per heavy atom. The predicted octanol–water partition coefficient (Wildman–Crippen LogP) is 6.48. The highest BCUT2D eigenvalue weighted by molar-refractivity contribution is 5.95. The third kappa shape index (κ3) is 7.54. The lowest BCUT2D eigenvalue weighted by atomic mass is 9.84. The number of phenols is 1. The largest absolute Gasteiger partial charge is 0.508 e. The van der Waals surface area contributed by atoms with Crippen molar-refractivity contribution in [2.24, 2.45) is 11.1 Å². The molecule has 3 aromatic heterocycles. The second-order valence-corrected chi connectivity index (χ2v) is 15.0. The first kappa shape index (κ1) is 37.0. The molecule has 0 saturated carbocycles. The molecule has 1 fully saturated rings. The van der Waals surface area contributed by atoms with Crippen molar-refractivity contribution in [3.8, 4) is 39.6 Å². The fraction of sp³-hybridized carbons (Fsp3) is 0.381. The highest BCUT2D eigenvalue weighted by Gasteiger charge is 2.34. The monoisotopic (exact) mass is 732 g/mol. The Morgan fingerprint density at radius 2 is 1.93 bits per heavy atom. The number of hydrazine groups is 1. The van der Waals surface area contributed by atoms with Crippen molar-refractivity contribution in [1.29, 1.82) is 0 Å². The number of cyclic esters (lactones) is 1. The molecule has 1 saturated heterocycles. The van der Waals surface area contributed by atoms with Crippen molar-refractivity contribution in [2.45, 2.75) is 78.1 Å². The van der Waals surface area contributed by atoms with E-state index >= 15 is 0 Å². The normalized spacial score (nSPS) is 19.6. The number of nitrogens with zero attached hydrogens (tertiary/aromatic N) is 4. The molecule has 0 spiro atoms. The topological polar surface area (TPSA) is 154 Å². The number of nitrogens with one attached hydrogen (secondary N) is 1. The van der Waals surface area contributed by atoms with E-state index in [4.69, 9.17) is 24.9 Å². The maximum Gasteiger partial charge on any atom is 0.324 e. The quantitative estimate of drug-likeness (QED) is 0.165. The van der Waals surface area contributed by atoms with E-state index in [2.05, 4.69) is 47.9 Å². The van der Waals surface area contributed by atoms with Gasteiger partial charge >= 0.3 is 5.97 Å². The zero-order chi connectivity index (χ0) is 38.1. The van der Waals surface area contributed by atoms with Gasteiger partial charge in [-0.15, -0.1) is 0 Å². The molecule has 0 aliphatic carbocycles. The summed E-state index contributed by atoms with van der Waals surface area (Å²) < 4.78 is 20.4. The number of hydrogen-bond donors (Lipinski definition) is 3. The zero-order valence-corrected chi connectivity index (χ0v) is 31.5. The third-order valence-corrected chi connectivity index (χ3v) is 10.3. The standard InChI is InChI=1S/C42H48N6O6/c1-6-47-37-12-11-27-19-32(37)34(39(47)33-20-31(23-45-38(33)25(2)52-5)54-30-9-7-13-44-22-30)21-42(3,4)24-53-41(51)36-10-8-14-48(46-36)40(50)35(43)17-26-15-28(27)18-29(49)16-26/h7,9,11-13,15-16,18-20,22-23,25,35-36,46,49H,6,8,10,14,17,21,24,43H2,1-5H3/t25-,35-,36-/m0/s1. The number of rotatable bonds is 6. The molecule has 3 atom stereocenters. The number of pyridine rings is 2. The van der Waals surface area contributed by atoms with Crippen molar-refractivity contribution in [2.75, 3.05) is 20.3 Å². The summed E-state index contributed by atoms with van der Waals surface area (Å²) in [7, 11) is 1.67. The summed E-state index contributed by atoms with van der Waals surface area (Å²) in [6.07, 6.45) is 6.64. The van der Waals surface area contributed by atoms with Crippen LogP contribution < -0.4 is 15.9 Å². The molecule has 12 nitrogen and oxygen atoms in total. The molecule has 54 heavy (non-hydrogen) atoms. The van der Waals surface area contributed by atoms with Crippen LogP contribution in [0.3, 0.4) is 0 Å². The van der Waals surface area contributed by atoms with Crippen molar-refractivity contribution < 1.29 is 28.9 Å². The molecule has 0 unspecified atom stereocenters. The Labute approximate surface area is 315 Å². The van der Waals surface area contributed by atoms with Crippen molar-refractivity contribution >= 4 is 22.8 Å². The summed E-state index contributed by atoms with van der Waals surface area (Å²) in [5.41, 5.74) is 16.1. The number of hydrogen-bond acceptors (Lipinski definition) is 10. The number of aryl methyl sites for hydroxylation is 1. The molecule has 282 valence electrons. The van der Waals surface area contributed by atoms with Crippen LogP contribution in [0.5, 0.6) is 17.2 Å². The van der Waals surface area contributed by atoms with E-state index in [0.29, 0.717) is 43.9 Å². The number of esters is 1. The number of carbonyl (C=O) groups is 2. The molecular formula is C42H48N6O6. The minimum absolute atomic E-state index is 0.0819. The molecule has 2 aromatic carbocycles. The number of nitrogens with two attached hydrogens (primary N) is 1. The lowest BCUT2D eigenvalue weighted by Gasteiger charge is -2.35. The van der Waals surface area contributed by atoms with Gasteiger partial charge in [0, 0.05) is 48.3 Å². The summed E-state index contributed by atoms with van der Waals surface area (Å²) >= 11 is 0. The number of aromatic nitrogens is 3. The van der Waals surface area contributed by atoms with Crippen LogP contribution in [0.2, 0.25) is 0 Å². The average Bonchev–Trinajstić information content (AvgIpc) is 3.47. The van der Waals surface area contributed by atoms with Crippen LogP contribution in [0.25, 0.3) is 33.3 Å². The zero-order valence-electron chi connectivity index (χ0n) is 31.5. The number of amides is 1. The maximum atomic E-state index is 13.5. The van der Waals surface area contributed by atoms with Crippen molar-refractivity contribution in [1.82, 2.24) is 25.0 Å². The number of phenolic OH excluding ortho intramolecular Hbond substituents is 1. The fourth-order valence-corrected chi connectivity index (χ4v) is 7.61. The van der Waals surface area contributed by atoms with Crippen LogP contribution in [0.1, 0.15) is 63.5 Å². The van der Waals surface area contributed by atoms with Gasteiger partial charge in [-0.05, 0) is 104 Å². The number of benzene rings is 2. The summed E-state index contributed by atoms with van der Waals surface area (Å²) in [4.78, 5) is 36.1. The minimum Gasteiger partial charge on any atom is -0.508 e. The fourth-order valence-electron chi connectivity index (χ4n) is 7.61. The lowest BCUT2D eigenvalue weighted by molar-refractivity contribution is -0.154. The van der Waals surface area contributed by atoms with Gasteiger partial charge in [0.2, 0.25) is 0 Å². The number of methoxy groups -OCH3 is 1. The van der Waals surface area contributed by atoms with E-state index in [0.717, 1.165) is 50.1 Å². The highest BCUT2D eigenvalue weighted by atomic mass is 16.5. The molecule has 4 N–H and O–H groups in total. The number of carbonyl (C=O) groups excluding carboxylic acids is 2. The molecule has 2 aliphatic rings. The molecule has 5 heterocycles. The van der Waals surface area contributed by atoms with Gasteiger partial charge in [-0.25, -0.2) is 5.43 Å². The highest BCUT2D eigenvalue weighted by Crippen LogP contribution is 2.43. The van der Waals surface area contributed by atoms with E-state index in [1.807, 2.05) is 37.3 Å². The molecule has 0 radical (unpaired) electrons. The van der Waals surface area contributed by atoms with Gasteiger partial charge in [-0.1, -0.05) is 26.0 Å². The van der Waals surface area contributed by atoms with Crippen molar-refractivity contribution in [3.63, 3.8) is 0 Å². The lowest BCUT2D eigenvalue weighted by Crippen LogP contribution is -2.59. The van der Waals surface area contributed by atoms with E-state index in [-0.39, 0.29) is 30.8 Å². The molecule has 6 bridgehead atoms. The minimum atomic E-state index is -0.884. The Hall–Kier alpha value is -5.30. The van der Waals surface area contributed by atoms with Gasteiger partial charge in [0.15, 0.2) is 0 Å². The SMILES string of the molecule is CCn1c(-c2cc(Oc3cccnc3)cnc2[C@H](C)OC)c2c3cc(ccc31)-c1cc(O)cc(c1)C[C@H](N)C(=O)N1CCC[C@H](N1)C(=O)OCC(C)(C)C2. The Balaban J connectivity index is 1.44. The van der Waals surface area contributed by atoms with Crippen LogP contribution in [0, 0.1) is 5.41 Å². The molecule has 5 aromatic rings. The van der Waals surface area contributed by atoms with Gasteiger partial charge in [0.25, 0.3) is 5.91 Å². The number of aromatic hydroxyl groups is 1. The van der Waals surface area contributed by atoms with Crippen LogP contribution in [-0.2, 0) is 38.4 Å². The Kier molecular flexibility index (Phi) is 10.4. The second kappa shape index (κ2) is 15.2. The predicted molar refractivity (Wildman–Crippen MR) is 206 cm³/mol. The van der Waals surface area contributed by atoms with Gasteiger partial charge in [0.05, 0.1) is 42.5 Å². The van der Waals surface area contributed by atoms with Gasteiger partial charge in [-0.3, -0.25) is 24.6 Å². The maximum absolute atomic E-state index is 13.5. The van der Waals surface area contributed by atoms with Crippen LogP contribution in [0.15, 0.2) is 73.2 Å². The third-order valence-electron chi connectivity index (χ3n) is 10.3. The van der Waals surface area contributed by atoms with Crippen LogP contribution >= 0.6 is 0 Å². The summed E-state index contributed by atoms with van der Waals surface area (Å²) in [6.45, 7) is 9.50. The molecule has 1 amide bonds. The van der Waals surface area contributed by atoms with E-state index in [1.54, 1.807) is 37.8 Å². The van der Waals surface area contributed by atoms with Crippen LogP contribution in [-0.4, -0.2) is 68.9 Å². The number of ether oxygens (including phenoxy) is 3. The molecule has 7 rings (SSSR count). The average molecular weight is 733 g/mol. The smallest absolute Gasteiger partial charge is 0.324 e. The van der Waals surface area contributed by atoms with Crippen molar-refractivity contribution in [3.05, 3.63) is 90.0 Å². The van der Waals surface area contributed by atoms with E-state index < -0.39 is 23.5 Å². The van der Waals surface area contributed by atoms with E-state index in [9.17, 15) is 14.7 Å². The van der Waals surface area contributed by atoms with Gasteiger partial charge in [-0.2, -0.15) is 0 Å². The Bertz CT molecular complexity index is 2180. The second-order valence-electron chi connectivity index (χ2n) is 15.0. The molecular weight excluding hydrogens is 684 g/mol. The summed E-state index contributed by atoms with van der Waals surface area (Å²) in [6, 6.07) is 15.8. The molecule has 2 aliphatic heterocycles. The van der Waals surface area contributed by atoms with E-state index in [1.165, 1.54) is 5.01 Å². The first-order valence-electron chi connectivity index (χ1n) is 18.5. The first-order chi connectivity index (χ1) is 25.9. The Morgan fingerprint density at radius 3 is 2.69 bits per heavy atom. The first-order valence-corrected chi connectivity index (χ1v) is 18.5. The summed E-state index contributed by atoms with van der Waals surface area (Å²) in [5.74, 6) is 0.500. The molecule has 12 heteroatoms. The van der Waals surface area contributed by atoms with Crippen LogP contribution in [0.4, 0.5) is 0 Å². The van der Waals surface area contributed by atoms with Gasteiger partial charge in [0.1, 0.15) is 23.3 Å². The van der Waals surface area contributed by atoms with Gasteiger partial charge < -0.3 is 29.6 Å².